The number of hydrogen-bond donors (Lipinski definition) is 1. The van der Waals surface area contributed by atoms with Gasteiger partial charge in [-0.15, -0.1) is 0 Å². The first-order valence-electron chi connectivity index (χ1n) is 5.16. The van der Waals surface area contributed by atoms with Crippen molar-refractivity contribution >= 4 is 5.91 Å². The Balaban J connectivity index is 2.53. The Hall–Kier alpha value is -2.24. The lowest BCUT2D eigenvalue weighted by atomic mass is 10.2. The standard InChI is InChI=1S/C11H13N5O/c1-6-4-10(14-8(3)13-6)16-5-9(11(12)17)7(2)15-16/h4-5H,1-3H3,(H2,12,17). The fourth-order valence-corrected chi connectivity index (χ4v) is 1.63. The van der Waals surface area contributed by atoms with Crippen LogP contribution in [0.2, 0.25) is 0 Å². The molecule has 17 heavy (non-hydrogen) atoms. The van der Waals surface area contributed by atoms with Crippen molar-refractivity contribution in [3.8, 4) is 5.82 Å². The second-order valence-corrected chi connectivity index (χ2v) is 3.85. The van der Waals surface area contributed by atoms with Gasteiger partial charge in [0.05, 0.1) is 11.3 Å². The molecule has 0 saturated carbocycles. The molecule has 2 aromatic heterocycles. The summed E-state index contributed by atoms with van der Waals surface area (Å²) in [5, 5.41) is 4.21. The molecule has 0 aliphatic heterocycles. The number of carbonyl (C=O) groups is 1. The first kappa shape index (κ1) is 11.3. The van der Waals surface area contributed by atoms with Crippen molar-refractivity contribution in [2.45, 2.75) is 20.8 Å². The first-order chi connectivity index (χ1) is 7.97. The summed E-state index contributed by atoms with van der Waals surface area (Å²) in [6.07, 6.45) is 1.58. The third-order valence-corrected chi connectivity index (χ3v) is 2.35. The van der Waals surface area contributed by atoms with Gasteiger partial charge < -0.3 is 5.73 Å². The number of hydrogen-bond acceptors (Lipinski definition) is 4. The summed E-state index contributed by atoms with van der Waals surface area (Å²) in [6, 6.07) is 1.80. The van der Waals surface area contributed by atoms with E-state index < -0.39 is 5.91 Å². The molecule has 0 bridgehead atoms. The summed E-state index contributed by atoms with van der Waals surface area (Å²) in [7, 11) is 0. The fraction of sp³-hybridized carbons (Fsp3) is 0.273. The van der Waals surface area contributed by atoms with Crippen LogP contribution in [0, 0.1) is 20.8 Å². The Bertz CT molecular complexity index is 567. The highest BCUT2D eigenvalue weighted by Gasteiger charge is 2.12. The second-order valence-electron chi connectivity index (χ2n) is 3.85. The van der Waals surface area contributed by atoms with Crippen molar-refractivity contribution in [3.63, 3.8) is 0 Å². The molecule has 0 spiro atoms. The monoisotopic (exact) mass is 231 g/mol. The first-order valence-corrected chi connectivity index (χ1v) is 5.16. The van der Waals surface area contributed by atoms with E-state index in [1.165, 1.54) is 4.68 Å². The highest BCUT2D eigenvalue weighted by Crippen LogP contribution is 2.10. The van der Waals surface area contributed by atoms with Crippen LogP contribution >= 0.6 is 0 Å². The summed E-state index contributed by atoms with van der Waals surface area (Å²) in [5.74, 6) is 0.802. The summed E-state index contributed by atoms with van der Waals surface area (Å²) in [5.41, 5.74) is 7.08. The summed E-state index contributed by atoms with van der Waals surface area (Å²) < 4.78 is 1.54. The number of nitrogens with two attached hydrogens (primary N) is 1. The van der Waals surface area contributed by atoms with Crippen LogP contribution in [-0.2, 0) is 0 Å². The Morgan fingerprint density at radius 2 is 2.00 bits per heavy atom. The molecule has 2 heterocycles. The van der Waals surface area contributed by atoms with Crippen LogP contribution in [0.3, 0.4) is 0 Å². The lowest BCUT2D eigenvalue weighted by Crippen LogP contribution is -2.11. The molecule has 2 rings (SSSR count). The average molecular weight is 231 g/mol. The van der Waals surface area contributed by atoms with Gasteiger partial charge in [-0.05, 0) is 20.8 Å². The molecule has 6 nitrogen and oxygen atoms in total. The fourth-order valence-electron chi connectivity index (χ4n) is 1.63. The third kappa shape index (κ3) is 2.15. The molecule has 0 fully saturated rings. The van der Waals surface area contributed by atoms with E-state index in [4.69, 9.17) is 5.73 Å². The van der Waals surface area contributed by atoms with Gasteiger partial charge in [-0.25, -0.2) is 14.6 Å². The Morgan fingerprint density at radius 3 is 2.53 bits per heavy atom. The zero-order chi connectivity index (χ0) is 12.6. The van der Waals surface area contributed by atoms with Crippen molar-refractivity contribution in [1.29, 1.82) is 0 Å². The number of aromatic nitrogens is 4. The molecule has 0 aliphatic rings. The molecule has 2 N–H and O–H groups in total. The van der Waals surface area contributed by atoms with Gasteiger partial charge in [0.15, 0.2) is 5.82 Å². The van der Waals surface area contributed by atoms with Gasteiger partial charge in [0.1, 0.15) is 5.82 Å². The van der Waals surface area contributed by atoms with Crippen molar-refractivity contribution < 1.29 is 4.79 Å². The highest BCUT2D eigenvalue weighted by atomic mass is 16.1. The predicted molar refractivity (Wildman–Crippen MR) is 61.9 cm³/mol. The topological polar surface area (TPSA) is 86.7 Å². The van der Waals surface area contributed by atoms with Crippen LogP contribution in [0.4, 0.5) is 0 Å². The second kappa shape index (κ2) is 3.97. The summed E-state index contributed by atoms with van der Waals surface area (Å²) >= 11 is 0. The largest absolute Gasteiger partial charge is 0.365 e. The zero-order valence-corrected chi connectivity index (χ0v) is 9.93. The van der Waals surface area contributed by atoms with E-state index in [1.807, 2.05) is 13.8 Å². The number of aryl methyl sites for hydroxylation is 3. The van der Waals surface area contributed by atoms with Gasteiger partial charge in [-0.3, -0.25) is 4.79 Å². The molecule has 0 saturated heterocycles. The van der Waals surface area contributed by atoms with Crippen molar-refractivity contribution in [1.82, 2.24) is 19.7 Å². The summed E-state index contributed by atoms with van der Waals surface area (Å²) in [4.78, 5) is 19.6. The molecule has 0 aromatic carbocycles. The van der Waals surface area contributed by atoms with Gasteiger partial charge in [0.2, 0.25) is 0 Å². The van der Waals surface area contributed by atoms with Crippen LogP contribution in [0.25, 0.3) is 5.82 Å². The van der Waals surface area contributed by atoms with E-state index in [1.54, 1.807) is 19.2 Å². The maximum atomic E-state index is 11.1. The highest BCUT2D eigenvalue weighted by molar-refractivity contribution is 5.93. The molecule has 0 radical (unpaired) electrons. The van der Waals surface area contributed by atoms with E-state index in [0.29, 0.717) is 22.9 Å². The van der Waals surface area contributed by atoms with E-state index in [-0.39, 0.29) is 0 Å². The number of carbonyl (C=O) groups excluding carboxylic acids is 1. The van der Waals surface area contributed by atoms with E-state index in [9.17, 15) is 4.79 Å². The van der Waals surface area contributed by atoms with Crippen LogP contribution in [-0.4, -0.2) is 25.7 Å². The maximum absolute atomic E-state index is 11.1. The molecule has 1 amide bonds. The number of nitrogens with zero attached hydrogens (tertiary/aromatic N) is 4. The van der Waals surface area contributed by atoms with E-state index >= 15 is 0 Å². The Morgan fingerprint density at radius 1 is 1.29 bits per heavy atom. The van der Waals surface area contributed by atoms with Crippen LogP contribution in [0.15, 0.2) is 12.3 Å². The summed E-state index contributed by atoms with van der Waals surface area (Å²) in [6.45, 7) is 5.42. The SMILES string of the molecule is Cc1cc(-n2cc(C(N)=O)c(C)n2)nc(C)n1. The predicted octanol–water partition coefficient (Wildman–Crippen LogP) is 0.686. The molecular weight excluding hydrogens is 218 g/mol. The lowest BCUT2D eigenvalue weighted by molar-refractivity contribution is 0.0999. The Labute approximate surface area is 98.5 Å². The van der Waals surface area contributed by atoms with Gasteiger partial charge in [-0.1, -0.05) is 0 Å². The van der Waals surface area contributed by atoms with Gasteiger partial charge in [0.25, 0.3) is 5.91 Å². The van der Waals surface area contributed by atoms with E-state index in [2.05, 4.69) is 15.1 Å². The third-order valence-electron chi connectivity index (χ3n) is 2.35. The minimum atomic E-state index is -0.490. The average Bonchev–Trinajstić information content (AvgIpc) is 2.59. The Kier molecular flexibility index (Phi) is 2.63. The van der Waals surface area contributed by atoms with Crippen molar-refractivity contribution in [2.24, 2.45) is 5.73 Å². The quantitative estimate of drug-likeness (QED) is 0.823. The molecule has 88 valence electrons. The van der Waals surface area contributed by atoms with Crippen LogP contribution < -0.4 is 5.73 Å². The molecule has 0 unspecified atom stereocenters. The van der Waals surface area contributed by atoms with Gasteiger partial charge >= 0.3 is 0 Å². The molecule has 2 aromatic rings. The molecule has 0 atom stereocenters. The normalized spacial score (nSPS) is 10.5. The number of primary amides is 1. The smallest absolute Gasteiger partial charge is 0.252 e. The van der Waals surface area contributed by atoms with Gasteiger partial charge in [-0.2, -0.15) is 5.10 Å². The molecular formula is C11H13N5O. The number of rotatable bonds is 2. The van der Waals surface area contributed by atoms with Crippen LogP contribution in [0.1, 0.15) is 27.6 Å². The van der Waals surface area contributed by atoms with Gasteiger partial charge in [0, 0.05) is 18.0 Å². The minimum absolute atomic E-state index is 0.402. The lowest BCUT2D eigenvalue weighted by Gasteiger charge is -2.02. The number of amides is 1. The zero-order valence-electron chi connectivity index (χ0n) is 9.93. The molecule has 6 heteroatoms. The minimum Gasteiger partial charge on any atom is -0.365 e. The van der Waals surface area contributed by atoms with Crippen molar-refractivity contribution in [2.75, 3.05) is 0 Å². The maximum Gasteiger partial charge on any atom is 0.252 e. The molecule has 0 aliphatic carbocycles. The van der Waals surface area contributed by atoms with Crippen LogP contribution in [0.5, 0.6) is 0 Å². The van der Waals surface area contributed by atoms with E-state index in [0.717, 1.165) is 5.69 Å². The van der Waals surface area contributed by atoms with Crippen molar-refractivity contribution in [3.05, 3.63) is 35.0 Å².